The highest BCUT2D eigenvalue weighted by Crippen LogP contribution is 1.89. The van der Waals surface area contributed by atoms with E-state index in [9.17, 15) is 4.79 Å². The van der Waals surface area contributed by atoms with Crippen molar-refractivity contribution in [2.45, 2.75) is 19.4 Å². The summed E-state index contributed by atoms with van der Waals surface area (Å²) in [6, 6.07) is 0. The Morgan fingerprint density at radius 2 is 2.40 bits per heavy atom. The predicted octanol–water partition coefficient (Wildman–Crippen LogP) is 0.789. The molecule has 0 aromatic heterocycles. The molecule has 1 radical (unpaired) electrons. The van der Waals surface area contributed by atoms with Crippen molar-refractivity contribution in [1.29, 1.82) is 0 Å². The van der Waals surface area contributed by atoms with Crippen molar-refractivity contribution >= 4 is 6.47 Å². The van der Waals surface area contributed by atoms with Gasteiger partial charge in [0.25, 0.3) is 6.47 Å². The van der Waals surface area contributed by atoms with E-state index in [2.05, 4.69) is 11.7 Å². The highest BCUT2D eigenvalue weighted by Gasteiger charge is 1.99. The third-order valence-corrected chi connectivity index (χ3v) is 0.929. The third-order valence-electron chi connectivity index (χ3n) is 0.929. The molecule has 59 valence electrons. The van der Waals surface area contributed by atoms with Gasteiger partial charge in [-0.05, 0) is 13.3 Å². The topological polar surface area (TPSA) is 35.5 Å². The van der Waals surface area contributed by atoms with Crippen LogP contribution >= 0.6 is 0 Å². The van der Waals surface area contributed by atoms with Crippen LogP contribution < -0.4 is 0 Å². The first kappa shape index (κ1) is 9.43. The number of hydrogen-bond acceptors (Lipinski definition) is 3. The van der Waals surface area contributed by atoms with E-state index in [1.54, 1.807) is 6.92 Å². The summed E-state index contributed by atoms with van der Waals surface area (Å²) in [4.78, 5) is 9.76. The van der Waals surface area contributed by atoms with Gasteiger partial charge in [-0.1, -0.05) is 6.92 Å². The number of hydrogen-bond donors (Lipinski definition) is 0. The molecule has 0 aliphatic heterocycles. The molecule has 0 aromatic carbocycles. The fourth-order valence-electron chi connectivity index (χ4n) is 0.485. The molecule has 0 N–H and O–H groups in total. The molecule has 0 fully saturated rings. The molecule has 0 aromatic rings. The Hall–Kier alpha value is -0.570. The van der Waals surface area contributed by atoms with Gasteiger partial charge in [-0.2, -0.15) is 0 Å². The number of rotatable bonds is 6. The Morgan fingerprint density at radius 3 is 2.90 bits per heavy atom. The Labute approximate surface area is 61.3 Å². The van der Waals surface area contributed by atoms with E-state index in [0.29, 0.717) is 19.7 Å². The largest absolute Gasteiger partial charge is 0.462 e. The summed E-state index contributed by atoms with van der Waals surface area (Å²) in [5.41, 5.74) is 0. The molecule has 0 amide bonds. The van der Waals surface area contributed by atoms with E-state index >= 15 is 0 Å². The Bertz CT molecular complexity index is 82.9. The van der Waals surface area contributed by atoms with Crippen LogP contribution in [-0.4, -0.2) is 25.8 Å². The molecule has 0 aliphatic rings. The van der Waals surface area contributed by atoms with Gasteiger partial charge >= 0.3 is 0 Å². The average Bonchev–Trinajstić information content (AvgIpc) is 1.89. The summed E-state index contributed by atoms with van der Waals surface area (Å²) in [5.74, 6) is 0. The first-order valence-corrected chi connectivity index (χ1v) is 3.27. The van der Waals surface area contributed by atoms with Gasteiger partial charge < -0.3 is 9.47 Å². The summed E-state index contributed by atoms with van der Waals surface area (Å²) >= 11 is 0. The first-order chi connectivity index (χ1) is 4.81. The van der Waals surface area contributed by atoms with Gasteiger partial charge in [-0.3, -0.25) is 4.79 Å². The fraction of sp³-hybridized carbons (Fsp3) is 0.714. The maximum Gasteiger partial charge on any atom is 0.293 e. The van der Waals surface area contributed by atoms with E-state index in [0.717, 1.165) is 6.42 Å². The number of carbonyl (C=O) groups is 1. The van der Waals surface area contributed by atoms with Crippen LogP contribution in [0.3, 0.4) is 0 Å². The standard InChI is InChI=1S/C7H13O3/c1-3-4-9-5-7(2)10-6-8/h6-7H,1,3-5H2,2H3. The monoisotopic (exact) mass is 145 g/mol. The van der Waals surface area contributed by atoms with Crippen molar-refractivity contribution in [2.75, 3.05) is 13.2 Å². The quantitative estimate of drug-likeness (QED) is 0.409. The van der Waals surface area contributed by atoms with Crippen LogP contribution in [0.25, 0.3) is 0 Å². The van der Waals surface area contributed by atoms with Crippen LogP contribution in [0.1, 0.15) is 13.3 Å². The maximum atomic E-state index is 9.76. The van der Waals surface area contributed by atoms with Gasteiger partial charge in [0, 0.05) is 6.61 Å². The molecule has 1 unspecified atom stereocenters. The van der Waals surface area contributed by atoms with Crippen molar-refractivity contribution in [3.05, 3.63) is 6.92 Å². The molecular weight excluding hydrogens is 132 g/mol. The van der Waals surface area contributed by atoms with Crippen LogP contribution in [0.2, 0.25) is 0 Å². The van der Waals surface area contributed by atoms with Gasteiger partial charge in [0.2, 0.25) is 0 Å². The minimum atomic E-state index is -0.149. The smallest absolute Gasteiger partial charge is 0.293 e. The van der Waals surface area contributed by atoms with Crippen molar-refractivity contribution < 1.29 is 14.3 Å². The maximum absolute atomic E-state index is 9.76. The second-order valence-corrected chi connectivity index (χ2v) is 1.97. The molecule has 3 heteroatoms. The second-order valence-electron chi connectivity index (χ2n) is 1.97. The van der Waals surface area contributed by atoms with E-state index in [1.165, 1.54) is 0 Å². The zero-order chi connectivity index (χ0) is 7.82. The number of ether oxygens (including phenoxy) is 2. The number of carbonyl (C=O) groups excluding carboxylic acids is 1. The Balaban J connectivity index is 3.04. The summed E-state index contributed by atoms with van der Waals surface area (Å²) in [7, 11) is 0. The molecule has 3 nitrogen and oxygen atoms in total. The highest BCUT2D eigenvalue weighted by atomic mass is 16.6. The van der Waals surface area contributed by atoms with Crippen molar-refractivity contribution in [1.82, 2.24) is 0 Å². The zero-order valence-corrected chi connectivity index (χ0v) is 6.21. The lowest BCUT2D eigenvalue weighted by Gasteiger charge is -2.08. The van der Waals surface area contributed by atoms with Gasteiger partial charge in [-0.15, -0.1) is 0 Å². The Kier molecular flexibility index (Phi) is 6.18. The molecule has 0 saturated carbocycles. The van der Waals surface area contributed by atoms with Crippen molar-refractivity contribution in [3.63, 3.8) is 0 Å². The molecule has 0 rings (SSSR count). The fourth-order valence-corrected chi connectivity index (χ4v) is 0.485. The normalized spacial score (nSPS) is 12.6. The molecule has 0 aliphatic carbocycles. The molecule has 0 heterocycles. The molecule has 0 spiro atoms. The summed E-state index contributed by atoms with van der Waals surface area (Å²) in [5, 5.41) is 0. The lowest BCUT2D eigenvalue weighted by Crippen LogP contribution is -2.15. The Morgan fingerprint density at radius 1 is 1.70 bits per heavy atom. The van der Waals surface area contributed by atoms with Crippen molar-refractivity contribution in [2.24, 2.45) is 0 Å². The van der Waals surface area contributed by atoms with Crippen LogP contribution in [0, 0.1) is 6.92 Å². The van der Waals surface area contributed by atoms with Crippen LogP contribution in [0.5, 0.6) is 0 Å². The van der Waals surface area contributed by atoms with Gasteiger partial charge in [0.1, 0.15) is 6.10 Å². The lowest BCUT2D eigenvalue weighted by atomic mass is 10.4. The minimum Gasteiger partial charge on any atom is -0.462 e. The molecular formula is C7H13O3. The van der Waals surface area contributed by atoms with E-state index < -0.39 is 0 Å². The van der Waals surface area contributed by atoms with Crippen molar-refractivity contribution in [3.8, 4) is 0 Å². The third kappa shape index (κ3) is 5.56. The molecule has 10 heavy (non-hydrogen) atoms. The van der Waals surface area contributed by atoms with Gasteiger partial charge in [-0.25, -0.2) is 0 Å². The average molecular weight is 145 g/mol. The van der Waals surface area contributed by atoms with Gasteiger partial charge in [0.15, 0.2) is 0 Å². The SMILES string of the molecule is [CH2]CCOCC(C)OC=O. The molecule has 0 bridgehead atoms. The van der Waals surface area contributed by atoms with Crippen LogP contribution in [-0.2, 0) is 14.3 Å². The van der Waals surface area contributed by atoms with E-state index in [4.69, 9.17) is 4.74 Å². The lowest BCUT2D eigenvalue weighted by molar-refractivity contribution is -0.135. The summed E-state index contributed by atoms with van der Waals surface area (Å²) in [6.07, 6.45) is 0.595. The zero-order valence-electron chi connectivity index (χ0n) is 6.21. The minimum absolute atomic E-state index is 0.149. The first-order valence-electron chi connectivity index (χ1n) is 3.27. The highest BCUT2D eigenvalue weighted by molar-refractivity contribution is 5.37. The van der Waals surface area contributed by atoms with Crippen LogP contribution in [0.15, 0.2) is 0 Å². The molecule has 0 saturated heterocycles. The van der Waals surface area contributed by atoms with E-state index in [-0.39, 0.29) is 6.10 Å². The molecule has 1 atom stereocenters. The van der Waals surface area contributed by atoms with E-state index in [1.807, 2.05) is 0 Å². The summed E-state index contributed by atoms with van der Waals surface area (Å²) < 4.78 is 9.61. The van der Waals surface area contributed by atoms with Crippen LogP contribution in [0.4, 0.5) is 0 Å². The predicted molar refractivity (Wildman–Crippen MR) is 37.4 cm³/mol. The summed E-state index contributed by atoms with van der Waals surface area (Å²) in [6.45, 7) is 6.87. The second kappa shape index (κ2) is 6.55. The van der Waals surface area contributed by atoms with Gasteiger partial charge in [0.05, 0.1) is 6.61 Å².